The van der Waals surface area contributed by atoms with Crippen LogP contribution in [0.25, 0.3) is 0 Å². The van der Waals surface area contributed by atoms with Crippen LogP contribution < -0.4 is 0 Å². The summed E-state index contributed by atoms with van der Waals surface area (Å²) in [5, 5.41) is 21.9. The third-order valence-electron chi connectivity index (χ3n) is 0.868. The fraction of sp³-hybridized carbons (Fsp3) is 0.500. The van der Waals surface area contributed by atoms with Gasteiger partial charge < -0.3 is 10.2 Å². The van der Waals surface area contributed by atoms with Crippen molar-refractivity contribution in [2.24, 2.45) is 5.92 Å². The topological polar surface area (TPSA) is 81.3 Å². The summed E-state index contributed by atoms with van der Waals surface area (Å²) in [4.78, 5) is 9.89. The van der Waals surface area contributed by atoms with Gasteiger partial charge in [-0.15, -0.1) is 0 Å². The number of hydrogen-bond donors (Lipinski definition) is 2. The molecule has 68 valence electrons. The van der Waals surface area contributed by atoms with E-state index in [0.717, 1.165) is 12.7 Å². The molecule has 0 amide bonds. The predicted molar refractivity (Wildman–Crippen MR) is 43.8 cm³/mol. The van der Waals surface area contributed by atoms with Crippen molar-refractivity contribution in [3.63, 3.8) is 0 Å². The average molecular weight is 171 g/mol. The van der Waals surface area contributed by atoms with E-state index in [1.165, 1.54) is 6.08 Å². The van der Waals surface area contributed by atoms with Crippen molar-refractivity contribution in [1.82, 2.24) is 0 Å². The maximum atomic E-state index is 9.89. The number of carbonyl (C=O) groups is 1. The van der Waals surface area contributed by atoms with E-state index in [1.54, 1.807) is 6.08 Å². The Bertz CT molecular complexity index is 179. The molecule has 4 heteroatoms. The monoisotopic (exact) mass is 171 g/mol. The normalized spacial score (nSPS) is 8.83. The van der Waals surface area contributed by atoms with Crippen molar-refractivity contribution < 1.29 is 15.0 Å². The van der Waals surface area contributed by atoms with Crippen LogP contribution in [0.1, 0.15) is 20.3 Å². The number of hydrogen-bond acceptors (Lipinski definition) is 3. The summed E-state index contributed by atoms with van der Waals surface area (Å²) >= 11 is 0. The highest BCUT2D eigenvalue weighted by atomic mass is 16.4. The molecule has 2 N–H and O–H groups in total. The molecule has 0 unspecified atom stereocenters. The molecule has 0 aliphatic heterocycles. The smallest absolute Gasteiger partial charge is 0.327 e. The molecule has 12 heavy (non-hydrogen) atoms. The van der Waals surface area contributed by atoms with Crippen molar-refractivity contribution in [1.29, 1.82) is 5.26 Å². The van der Waals surface area contributed by atoms with Gasteiger partial charge in [-0.1, -0.05) is 19.9 Å². The highest BCUT2D eigenvalue weighted by Gasteiger charge is 1.88. The van der Waals surface area contributed by atoms with Crippen LogP contribution in [0.4, 0.5) is 0 Å². The van der Waals surface area contributed by atoms with Crippen LogP contribution in [0.15, 0.2) is 12.2 Å². The van der Waals surface area contributed by atoms with Gasteiger partial charge in [0.1, 0.15) is 0 Å². The molecule has 0 aromatic rings. The zero-order valence-electron chi connectivity index (χ0n) is 7.19. The molecule has 0 fully saturated rings. The summed E-state index contributed by atoms with van der Waals surface area (Å²) in [7, 11) is 0. The van der Waals surface area contributed by atoms with Gasteiger partial charge in [-0.3, -0.25) is 0 Å². The Hall–Kier alpha value is -1.50. The van der Waals surface area contributed by atoms with Crippen LogP contribution in [-0.2, 0) is 4.79 Å². The lowest BCUT2D eigenvalue weighted by Gasteiger charge is -1.94. The molecule has 0 saturated heterocycles. The van der Waals surface area contributed by atoms with Gasteiger partial charge in [0, 0.05) is 6.08 Å². The first-order valence-electron chi connectivity index (χ1n) is 3.47. The SMILES string of the molecule is CC(C)CC=CC(=O)O.N#CO. The molecule has 0 aromatic carbocycles. The Morgan fingerprint density at radius 2 is 2.08 bits per heavy atom. The van der Waals surface area contributed by atoms with Gasteiger partial charge in [0.25, 0.3) is 6.26 Å². The minimum absolute atomic E-state index is 0.542. The minimum Gasteiger partial charge on any atom is -0.478 e. The largest absolute Gasteiger partial charge is 0.478 e. The third kappa shape index (κ3) is 23.6. The molecule has 0 saturated carbocycles. The van der Waals surface area contributed by atoms with Gasteiger partial charge in [-0.05, 0) is 12.3 Å². The number of aliphatic hydroxyl groups excluding tert-OH is 1. The lowest BCUT2D eigenvalue weighted by molar-refractivity contribution is -0.131. The van der Waals surface area contributed by atoms with Gasteiger partial charge in [0.05, 0.1) is 0 Å². The van der Waals surface area contributed by atoms with Crippen molar-refractivity contribution >= 4 is 5.97 Å². The van der Waals surface area contributed by atoms with E-state index in [2.05, 4.69) is 0 Å². The fourth-order valence-electron chi connectivity index (χ4n) is 0.441. The number of nitriles is 1. The van der Waals surface area contributed by atoms with E-state index in [9.17, 15) is 4.79 Å². The van der Waals surface area contributed by atoms with Crippen LogP contribution in [0.3, 0.4) is 0 Å². The lowest BCUT2D eigenvalue weighted by Crippen LogP contribution is -1.87. The first-order valence-corrected chi connectivity index (χ1v) is 3.47. The molecule has 0 aliphatic carbocycles. The molecular weight excluding hydrogens is 158 g/mol. The van der Waals surface area contributed by atoms with Crippen LogP contribution in [0, 0.1) is 17.4 Å². The second-order valence-corrected chi connectivity index (χ2v) is 2.47. The van der Waals surface area contributed by atoms with Gasteiger partial charge in [-0.2, -0.15) is 5.26 Å². The minimum atomic E-state index is -0.865. The van der Waals surface area contributed by atoms with Crippen LogP contribution >= 0.6 is 0 Å². The van der Waals surface area contributed by atoms with Gasteiger partial charge in [0.15, 0.2) is 0 Å². The molecule has 4 nitrogen and oxygen atoms in total. The van der Waals surface area contributed by atoms with Crippen molar-refractivity contribution in [3.05, 3.63) is 12.2 Å². The van der Waals surface area contributed by atoms with Crippen LogP contribution in [-0.4, -0.2) is 16.2 Å². The van der Waals surface area contributed by atoms with Crippen molar-refractivity contribution in [2.75, 3.05) is 0 Å². The number of aliphatic carboxylic acids is 1. The summed E-state index contributed by atoms with van der Waals surface area (Å²) < 4.78 is 0. The predicted octanol–water partition coefficient (Wildman–Crippen LogP) is 1.51. The van der Waals surface area contributed by atoms with E-state index in [1.807, 2.05) is 13.8 Å². The first-order chi connectivity index (χ1) is 5.54. The van der Waals surface area contributed by atoms with Crippen LogP contribution in [0.5, 0.6) is 0 Å². The highest BCUT2D eigenvalue weighted by Crippen LogP contribution is 1.98. The summed E-state index contributed by atoms with van der Waals surface area (Å²) in [6.45, 7) is 4.10. The van der Waals surface area contributed by atoms with E-state index >= 15 is 0 Å². The quantitative estimate of drug-likeness (QED) is 0.498. The second kappa shape index (κ2) is 9.50. The molecule has 0 spiro atoms. The molecule has 0 aromatic heterocycles. The Labute approximate surface area is 71.8 Å². The van der Waals surface area contributed by atoms with E-state index in [4.69, 9.17) is 15.5 Å². The molecular formula is C8H13NO3. The molecule has 0 aliphatic rings. The number of carboxylic acids is 1. The number of rotatable bonds is 3. The van der Waals surface area contributed by atoms with Crippen molar-refractivity contribution in [2.45, 2.75) is 20.3 Å². The number of nitrogens with zero attached hydrogens (tertiary/aromatic N) is 1. The maximum absolute atomic E-state index is 9.89. The first kappa shape index (κ1) is 13.1. The van der Waals surface area contributed by atoms with E-state index < -0.39 is 5.97 Å². The van der Waals surface area contributed by atoms with Gasteiger partial charge in [0.2, 0.25) is 0 Å². The molecule has 0 rings (SSSR count). The highest BCUT2D eigenvalue weighted by molar-refractivity contribution is 5.79. The number of aliphatic hydroxyl groups is 1. The van der Waals surface area contributed by atoms with Gasteiger partial charge in [-0.25, -0.2) is 4.79 Å². The average Bonchev–Trinajstić information content (AvgIpc) is 1.87. The fourth-order valence-corrected chi connectivity index (χ4v) is 0.441. The Balaban J connectivity index is 0. The molecule has 0 heterocycles. The summed E-state index contributed by atoms with van der Waals surface area (Å²) in [5.41, 5.74) is 0. The maximum Gasteiger partial charge on any atom is 0.327 e. The van der Waals surface area contributed by atoms with Crippen molar-refractivity contribution in [3.8, 4) is 6.26 Å². The Morgan fingerprint density at radius 3 is 2.33 bits per heavy atom. The summed E-state index contributed by atoms with van der Waals surface area (Å²) in [5.74, 6) is -0.323. The molecule has 0 bridgehead atoms. The zero-order chi connectivity index (χ0) is 9.98. The van der Waals surface area contributed by atoms with E-state index in [0.29, 0.717) is 5.92 Å². The zero-order valence-corrected chi connectivity index (χ0v) is 7.19. The standard InChI is InChI=1S/C7H12O2.CHNO/c1-6(2)4-3-5-7(8)9;2-1-3/h3,5-6H,4H2,1-2H3,(H,8,9);3H. The summed E-state index contributed by atoms with van der Waals surface area (Å²) in [6.07, 6.45) is 4.44. The number of carboxylic acid groups (broad SMARTS) is 1. The third-order valence-corrected chi connectivity index (χ3v) is 0.868. The molecule has 0 radical (unpaired) electrons. The van der Waals surface area contributed by atoms with Crippen LogP contribution in [0.2, 0.25) is 0 Å². The Kier molecular flexibility index (Phi) is 10.4. The van der Waals surface area contributed by atoms with E-state index in [-0.39, 0.29) is 0 Å². The number of allylic oxidation sites excluding steroid dienone is 1. The lowest BCUT2D eigenvalue weighted by atomic mass is 10.1. The second-order valence-electron chi connectivity index (χ2n) is 2.47. The summed E-state index contributed by atoms with van der Waals surface area (Å²) in [6, 6.07) is 0. The molecule has 0 atom stereocenters. The Morgan fingerprint density at radius 1 is 1.67 bits per heavy atom. The van der Waals surface area contributed by atoms with Gasteiger partial charge >= 0.3 is 5.97 Å².